The Morgan fingerprint density at radius 3 is 2.44 bits per heavy atom. The van der Waals surface area contributed by atoms with Crippen molar-refractivity contribution in [1.82, 2.24) is 4.90 Å². The second-order valence-electron chi connectivity index (χ2n) is 6.36. The molecule has 0 aromatic heterocycles. The van der Waals surface area contributed by atoms with Crippen molar-refractivity contribution in [2.75, 3.05) is 18.4 Å². The molecule has 3 N–H and O–H groups in total. The molecule has 1 saturated heterocycles. The lowest BCUT2D eigenvalue weighted by Crippen LogP contribution is -2.38. The minimum Gasteiger partial charge on any atom is -0.380 e. The molecule has 1 fully saturated rings. The summed E-state index contributed by atoms with van der Waals surface area (Å²) in [5, 5.41) is 3.05. The molecule has 0 unspecified atom stereocenters. The van der Waals surface area contributed by atoms with Crippen LogP contribution in [0.25, 0.3) is 0 Å². The van der Waals surface area contributed by atoms with Crippen molar-refractivity contribution in [1.29, 1.82) is 0 Å². The first-order chi connectivity index (χ1) is 12.0. The zero-order chi connectivity index (χ0) is 17.8. The first kappa shape index (κ1) is 17.4. The van der Waals surface area contributed by atoms with Gasteiger partial charge in [-0.3, -0.25) is 9.69 Å². The van der Waals surface area contributed by atoms with Crippen LogP contribution in [-0.2, 0) is 6.54 Å². The van der Waals surface area contributed by atoms with E-state index in [0.717, 1.165) is 44.6 Å². The molecular weight excluding hydrogens is 324 g/mol. The molecule has 2 aromatic rings. The van der Waals surface area contributed by atoms with Crippen molar-refractivity contribution < 1.29 is 13.6 Å². The quantitative estimate of drug-likeness (QED) is 0.875. The number of nitrogens with zero attached hydrogens (tertiary/aromatic N) is 1. The average molecular weight is 345 g/mol. The van der Waals surface area contributed by atoms with Gasteiger partial charge in [0.15, 0.2) is 0 Å². The van der Waals surface area contributed by atoms with Gasteiger partial charge in [-0.2, -0.15) is 0 Å². The first-order valence-electron chi connectivity index (χ1n) is 8.34. The maximum absolute atomic E-state index is 14.1. The summed E-state index contributed by atoms with van der Waals surface area (Å²) in [5.41, 5.74) is 5.94. The minimum atomic E-state index is -0.975. The molecule has 2 aromatic carbocycles. The van der Waals surface area contributed by atoms with Gasteiger partial charge in [-0.25, -0.2) is 8.78 Å². The van der Waals surface area contributed by atoms with Crippen LogP contribution in [0.1, 0.15) is 28.8 Å². The summed E-state index contributed by atoms with van der Waals surface area (Å²) in [6.07, 6.45) is 1.68. The summed E-state index contributed by atoms with van der Waals surface area (Å²) in [5.74, 6) is -2.45. The Morgan fingerprint density at radius 1 is 1.12 bits per heavy atom. The number of benzene rings is 2. The molecule has 1 aliphatic rings. The number of halogens is 2. The highest BCUT2D eigenvalue weighted by molar-refractivity contribution is 5.93. The number of hydrogen-bond acceptors (Lipinski definition) is 3. The lowest BCUT2D eigenvalue weighted by Gasteiger charge is -2.33. The van der Waals surface area contributed by atoms with Crippen LogP contribution in [0.4, 0.5) is 14.5 Å². The number of primary amides is 1. The summed E-state index contributed by atoms with van der Waals surface area (Å²) in [4.78, 5) is 13.4. The van der Waals surface area contributed by atoms with Gasteiger partial charge in [-0.1, -0.05) is 30.3 Å². The van der Waals surface area contributed by atoms with E-state index in [1.807, 2.05) is 18.2 Å². The molecule has 1 amide bonds. The molecule has 0 radical (unpaired) electrons. The van der Waals surface area contributed by atoms with Gasteiger partial charge < -0.3 is 11.1 Å². The number of nitrogens with two attached hydrogens (primary N) is 1. The molecule has 0 aliphatic carbocycles. The maximum Gasteiger partial charge on any atom is 0.251 e. The van der Waals surface area contributed by atoms with Crippen LogP contribution in [-0.4, -0.2) is 29.9 Å². The molecule has 25 heavy (non-hydrogen) atoms. The average Bonchev–Trinajstić information content (AvgIpc) is 2.60. The molecule has 0 atom stereocenters. The van der Waals surface area contributed by atoms with Crippen LogP contribution in [0.15, 0.2) is 42.5 Å². The van der Waals surface area contributed by atoms with E-state index in [1.54, 1.807) is 0 Å². The standard InChI is InChI=1S/C19H21F2N3O/c20-16-11-18(17(21)10-15(16)19(22)25)23-14-6-8-24(9-7-14)12-13-4-2-1-3-5-13/h1-5,10-11,14,23H,6-9,12H2,(H2,22,25). The maximum atomic E-state index is 14.1. The Labute approximate surface area is 145 Å². The first-order valence-corrected chi connectivity index (χ1v) is 8.34. The number of rotatable bonds is 5. The van der Waals surface area contributed by atoms with Crippen molar-refractivity contribution in [3.05, 3.63) is 65.2 Å². The fraction of sp³-hybridized carbons (Fsp3) is 0.316. The Balaban J connectivity index is 1.57. The summed E-state index contributed by atoms with van der Waals surface area (Å²) in [6, 6.07) is 12.2. The highest BCUT2D eigenvalue weighted by atomic mass is 19.1. The second kappa shape index (κ2) is 7.61. The minimum absolute atomic E-state index is 0.0698. The number of nitrogens with one attached hydrogen (secondary N) is 1. The number of piperidine rings is 1. The van der Waals surface area contributed by atoms with Crippen LogP contribution in [0.5, 0.6) is 0 Å². The Hall–Kier alpha value is -2.47. The second-order valence-corrected chi connectivity index (χ2v) is 6.36. The van der Waals surface area contributed by atoms with E-state index >= 15 is 0 Å². The van der Waals surface area contributed by atoms with Gasteiger partial charge in [-0.05, 0) is 24.5 Å². The van der Waals surface area contributed by atoms with Gasteiger partial charge >= 0.3 is 0 Å². The largest absolute Gasteiger partial charge is 0.380 e. The number of carbonyl (C=O) groups excluding carboxylic acids is 1. The summed E-state index contributed by atoms with van der Waals surface area (Å²) in [7, 11) is 0. The summed E-state index contributed by atoms with van der Waals surface area (Å²) in [6.45, 7) is 2.66. The zero-order valence-electron chi connectivity index (χ0n) is 13.8. The zero-order valence-corrected chi connectivity index (χ0v) is 13.8. The number of hydrogen-bond donors (Lipinski definition) is 2. The third kappa shape index (κ3) is 4.33. The van der Waals surface area contributed by atoms with Crippen molar-refractivity contribution in [2.45, 2.75) is 25.4 Å². The fourth-order valence-electron chi connectivity index (χ4n) is 3.14. The van der Waals surface area contributed by atoms with Gasteiger partial charge in [0.05, 0.1) is 11.3 Å². The predicted molar refractivity (Wildman–Crippen MR) is 93.2 cm³/mol. The van der Waals surface area contributed by atoms with Crippen molar-refractivity contribution in [2.24, 2.45) is 5.73 Å². The molecule has 1 aliphatic heterocycles. The highest BCUT2D eigenvalue weighted by Crippen LogP contribution is 2.23. The van der Waals surface area contributed by atoms with E-state index in [4.69, 9.17) is 5.73 Å². The predicted octanol–water partition coefficient (Wildman–Crippen LogP) is 3.14. The SMILES string of the molecule is NC(=O)c1cc(F)c(NC2CCN(Cc3ccccc3)CC2)cc1F. The van der Waals surface area contributed by atoms with Gasteiger partial charge in [0.2, 0.25) is 0 Å². The normalized spacial score (nSPS) is 15.9. The summed E-state index contributed by atoms with van der Waals surface area (Å²) >= 11 is 0. The molecule has 0 bridgehead atoms. The third-order valence-electron chi connectivity index (χ3n) is 4.52. The van der Waals surface area contributed by atoms with Crippen LogP contribution >= 0.6 is 0 Å². The highest BCUT2D eigenvalue weighted by Gasteiger charge is 2.21. The van der Waals surface area contributed by atoms with Crippen LogP contribution in [0, 0.1) is 11.6 Å². The molecule has 1 heterocycles. The lowest BCUT2D eigenvalue weighted by atomic mass is 10.0. The van der Waals surface area contributed by atoms with Crippen molar-refractivity contribution in [3.8, 4) is 0 Å². The topological polar surface area (TPSA) is 58.4 Å². The number of carbonyl (C=O) groups is 1. The molecule has 6 heteroatoms. The van der Waals surface area contributed by atoms with Gasteiger partial charge in [-0.15, -0.1) is 0 Å². The molecule has 132 valence electrons. The van der Waals surface area contributed by atoms with E-state index < -0.39 is 23.1 Å². The lowest BCUT2D eigenvalue weighted by molar-refractivity contribution is 0.0996. The van der Waals surface area contributed by atoms with Gasteiger partial charge in [0, 0.05) is 31.7 Å². The number of amides is 1. The smallest absolute Gasteiger partial charge is 0.251 e. The summed E-state index contributed by atoms with van der Waals surface area (Å²) < 4.78 is 27.9. The Bertz CT molecular complexity index is 744. The van der Waals surface area contributed by atoms with E-state index in [2.05, 4.69) is 22.3 Å². The third-order valence-corrected chi connectivity index (χ3v) is 4.52. The monoisotopic (exact) mass is 345 g/mol. The molecule has 4 nitrogen and oxygen atoms in total. The van der Waals surface area contributed by atoms with Gasteiger partial charge in [0.25, 0.3) is 5.91 Å². The molecule has 0 spiro atoms. The van der Waals surface area contributed by atoms with E-state index in [-0.39, 0.29) is 11.7 Å². The van der Waals surface area contributed by atoms with E-state index in [0.29, 0.717) is 0 Å². The number of likely N-dealkylation sites (tertiary alicyclic amines) is 1. The fourth-order valence-corrected chi connectivity index (χ4v) is 3.14. The Morgan fingerprint density at radius 2 is 1.80 bits per heavy atom. The van der Waals surface area contributed by atoms with Crippen molar-refractivity contribution in [3.63, 3.8) is 0 Å². The number of anilines is 1. The van der Waals surface area contributed by atoms with Crippen molar-refractivity contribution >= 4 is 11.6 Å². The van der Waals surface area contributed by atoms with Gasteiger partial charge in [0.1, 0.15) is 11.6 Å². The molecule has 3 rings (SSSR count). The van der Waals surface area contributed by atoms with E-state index in [1.165, 1.54) is 5.56 Å². The molecular formula is C19H21F2N3O. The van der Waals surface area contributed by atoms with Crippen LogP contribution in [0.2, 0.25) is 0 Å². The van der Waals surface area contributed by atoms with E-state index in [9.17, 15) is 13.6 Å². The van der Waals surface area contributed by atoms with Crippen LogP contribution < -0.4 is 11.1 Å². The van der Waals surface area contributed by atoms with Crippen LogP contribution in [0.3, 0.4) is 0 Å². The Kier molecular flexibility index (Phi) is 5.28. The molecule has 0 saturated carbocycles.